The summed E-state index contributed by atoms with van der Waals surface area (Å²) in [7, 11) is 0. The summed E-state index contributed by atoms with van der Waals surface area (Å²) in [6.07, 6.45) is -0.0773. The molecule has 0 spiro atoms. The zero-order valence-electron chi connectivity index (χ0n) is 10.1. The van der Waals surface area contributed by atoms with Crippen LogP contribution >= 0.6 is 0 Å². The molecule has 0 aromatic heterocycles. The molecule has 0 bridgehead atoms. The predicted octanol–water partition coefficient (Wildman–Crippen LogP) is 2.46. The Balaban J connectivity index is 2.22. The monoisotopic (exact) mass is 232 g/mol. The molecular weight excluding hydrogens is 216 g/mol. The van der Waals surface area contributed by atoms with Gasteiger partial charge in [-0.3, -0.25) is 9.59 Å². The Labute approximate surface area is 101 Å². The van der Waals surface area contributed by atoms with Crippen LogP contribution in [0.1, 0.15) is 30.6 Å². The summed E-state index contributed by atoms with van der Waals surface area (Å²) >= 11 is 0. The number of esters is 1. The number of carbonyl (C=O) groups is 2. The van der Waals surface area contributed by atoms with Crippen molar-refractivity contribution in [1.29, 1.82) is 0 Å². The van der Waals surface area contributed by atoms with Gasteiger partial charge in [-0.2, -0.15) is 0 Å². The zero-order chi connectivity index (χ0) is 12.4. The summed E-state index contributed by atoms with van der Waals surface area (Å²) in [4.78, 5) is 23.6. The summed E-state index contributed by atoms with van der Waals surface area (Å²) in [5, 5.41) is 0. The van der Waals surface area contributed by atoms with Gasteiger partial charge in [-0.1, -0.05) is 44.2 Å². The number of benzene rings is 1. The van der Waals surface area contributed by atoms with Gasteiger partial charge < -0.3 is 4.74 Å². The molecule has 0 saturated carbocycles. The van der Waals surface area contributed by atoms with E-state index in [4.69, 9.17) is 4.74 Å². The maximum atomic E-state index is 12.3. The van der Waals surface area contributed by atoms with E-state index in [1.165, 1.54) is 0 Å². The SMILES string of the molecule is CC(C)[C@@H]1OC(=O)C[C@H]1C(=O)c1ccccc1. The largest absolute Gasteiger partial charge is 0.461 e. The molecule has 1 fully saturated rings. The first kappa shape index (κ1) is 11.8. The van der Waals surface area contributed by atoms with Crippen LogP contribution in [0.2, 0.25) is 0 Å². The summed E-state index contributed by atoms with van der Waals surface area (Å²) in [5.41, 5.74) is 0.654. The molecule has 0 amide bonds. The van der Waals surface area contributed by atoms with Crippen LogP contribution < -0.4 is 0 Å². The molecule has 90 valence electrons. The molecule has 0 radical (unpaired) electrons. The topological polar surface area (TPSA) is 43.4 Å². The summed E-state index contributed by atoms with van der Waals surface area (Å²) in [5.74, 6) is -0.419. The second-order valence-electron chi connectivity index (χ2n) is 4.74. The fourth-order valence-electron chi connectivity index (χ4n) is 2.24. The third-order valence-electron chi connectivity index (χ3n) is 3.10. The van der Waals surface area contributed by atoms with Crippen molar-refractivity contribution >= 4 is 11.8 Å². The van der Waals surface area contributed by atoms with Crippen molar-refractivity contribution in [1.82, 2.24) is 0 Å². The third kappa shape index (κ3) is 2.38. The number of rotatable bonds is 3. The van der Waals surface area contributed by atoms with Crippen molar-refractivity contribution in [3.05, 3.63) is 35.9 Å². The van der Waals surface area contributed by atoms with Gasteiger partial charge >= 0.3 is 5.97 Å². The molecule has 1 aliphatic rings. The minimum Gasteiger partial charge on any atom is -0.461 e. The number of hydrogen-bond acceptors (Lipinski definition) is 3. The average Bonchev–Trinajstić information content (AvgIpc) is 2.72. The van der Waals surface area contributed by atoms with E-state index in [-0.39, 0.29) is 36.1 Å². The van der Waals surface area contributed by atoms with Gasteiger partial charge in [-0.25, -0.2) is 0 Å². The van der Waals surface area contributed by atoms with Crippen LogP contribution in [0.4, 0.5) is 0 Å². The molecular formula is C14H16O3. The van der Waals surface area contributed by atoms with Crippen LogP contribution in [0.5, 0.6) is 0 Å². The van der Waals surface area contributed by atoms with Gasteiger partial charge in [0, 0.05) is 5.56 Å². The summed E-state index contributed by atoms with van der Waals surface area (Å²) in [6.45, 7) is 3.93. The molecule has 0 unspecified atom stereocenters. The maximum Gasteiger partial charge on any atom is 0.306 e. The van der Waals surface area contributed by atoms with Crippen molar-refractivity contribution in [2.75, 3.05) is 0 Å². The highest BCUT2D eigenvalue weighted by Crippen LogP contribution is 2.30. The molecule has 1 heterocycles. The van der Waals surface area contributed by atoms with Crippen LogP contribution in [0, 0.1) is 11.8 Å². The first-order valence-corrected chi connectivity index (χ1v) is 5.88. The van der Waals surface area contributed by atoms with E-state index in [1.54, 1.807) is 12.1 Å². The van der Waals surface area contributed by atoms with E-state index < -0.39 is 0 Å². The minimum atomic E-state index is -0.329. The molecule has 0 N–H and O–H groups in total. The van der Waals surface area contributed by atoms with Crippen LogP contribution in [0.25, 0.3) is 0 Å². The third-order valence-corrected chi connectivity index (χ3v) is 3.10. The van der Waals surface area contributed by atoms with Crippen LogP contribution in [-0.2, 0) is 9.53 Å². The van der Waals surface area contributed by atoms with Crippen molar-refractivity contribution in [2.45, 2.75) is 26.4 Å². The fourth-order valence-corrected chi connectivity index (χ4v) is 2.24. The maximum absolute atomic E-state index is 12.3. The van der Waals surface area contributed by atoms with Gasteiger partial charge in [0.2, 0.25) is 0 Å². The molecule has 0 aliphatic carbocycles. The predicted molar refractivity (Wildman–Crippen MR) is 63.6 cm³/mol. The summed E-state index contributed by atoms with van der Waals surface area (Å²) < 4.78 is 5.22. The Hall–Kier alpha value is -1.64. The number of ketones is 1. The molecule has 3 nitrogen and oxygen atoms in total. The molecule has 2 rings (SSSR count). The van der Waals surface area contributed by atoms with Crippen molar-refractivity contribution < 1.29 is 14.3 Å². The highest BCUT2D eigenvalue weighted by molar-refractivity contribution is 6.00. The molecule has 1 saturated heterocycles. The lowest BCUT2D eigenvalue weighted by atomic mass is 9.86. The Morgan fingerprint density at radius 2 is 1.94 bits per heavy atom. The average molecular weight is 232 g/mol. The Morgan fingerprint density at radius 3 is 2.53 bits per heavy atom. The number of carbonyl (C=O) groups excluding carboxylic acids is 2. The van der Waals surface area contributed by atoms with Gasteiger partial charge in [0.1, 0.15) is 6.10 Å². The van der Waals surface area contributed by atoms with E-state index in [1.807, 2.05) is 32.0 Å². The number of cyclic esters (lactones) is 1. The zero-order valence-corrected chi connectivity index (χ0v) is 10.1. The van der Waals surface area contributed by atoms with Gasteiger partial charge in [0.05, 0.1) is 12.3 Å². The molecule has 17 heavy (non-hydrogen) atoms. The van der Waals surface area contributed by atoms with E-state index in [2.05, 4.69) is 0 Å². The van der Waals surface area contributed by atoms with E-state index in [0.29, 0.717) is 5.56 Å². The lowest BCUT2D eigenvalue weighted by Crippen LogP contribution is -2.28. The van der Waals surface area contributed by atoms with E-state index >= 15 is 0 Å². The number of hydrogen-bond donors (Lipinski definition) is 0. The smallest absolute Gasteiger partial charge is 0.306 e. The second kappa shape index (κ2) is 4.70. The minimum absolute atomic E-state index is 0.00940. The van der Waals surface area contributed by atoms with Crippen LogP contribution in [-0.4, -0.2) is 17.9 Å². The Bertz CT molecular complexity index is 422. The van der Waals surface area contributed by atoms with Gasteiger partial charge in [-0.05, 0) is 5.92 Å². The normalized spacial score (nSPS) is 23.8. The summed E-state index contributed by atoms with van der Waals surface area (Å²) in [6, 6.07) is 9.09. The van der Waals surface area contributed by atoms with Gasteiger partial charge in [0.25, 0.3) is 0 Å². The first-order chi connectivity index (χ1) is 8.09. The van der Waals surface area contributed by atoms with E-state index in [9.17, 15) is 9.59 Å². The number of ether oxygens (including phenoxy) is 1. The van der Waals surface area contributed by atoms with Crippen LogP contribution in [0.3, 0.4) is 0 Å². The van der Waals surface area contributed by atoms with E-state index in [0.717, 1.165) is 0 Å². The number of Topliss-reactive ketones (excluding diaryl/α,β-unsaturated/α-hetero) is 1. The molecule has 1 aliphatic heterocycles. The van der Waals surface area contributed by atoms with Crippen molar-refractivity contribution in [3.8, 4) is 0 Å². The highest BCUT2D eigenvalue weighted by Gasteiger charge is 2.41. The van der Waals surface area contributed by atoms with Gasteiger partial charge in [0.15, 0.2) is 5.78 Å². The quantitative estimate of drug-likeness (QED) is 0.594. The standard InChI is InChI=1S/C14H16O3/c1-9(2)14-11(8-12(15)17-14)13(16)10-6-4-3-5-7-10/h3-7,9,11,14H,8H2,1-2H3/t11-,14-/m0/s1. The molecule has 2 atom stereocenters. The lowest BCUT2D eigenvalue weighted by Gasteiger charge is -2.19. The first-order valence-electron chi connectivity index (χ1n) is 5.88. The van der Waals surface area contributed by atoms with Crippen LogP contribution in [0.15, 0.2) is 30.3 Å². The van der Waals surface area contributed by atoms with Crippen molar-refractivity contribution in [2.24, 2.45) is 11.8 Å². The molecule has 1 aromatic rings. The van der Waals surface area contributed by atoms with Gasteiger partial charge in [-0.15, -0.1) is 0 Å². The Kier molecular flexibility index (Phi) is 3.27. The second-order valence-corrected chi connectivity index (χ2v) is 4.74. The van der Waals surface area contributed by atoms with Crippen molar-refractivity contribution in [3.63, 3.8) is 0 Å². The highest BCUT2D eigenvalue weighted by atomic mass is 16.6. The fraction of sp³-hybridized carbons (Fsp3) is 0.429. The molecule has 1 aromatic carbocycles. The lowest BCUT2D eigenvalue weighted by molar-refractivity contribution is -0.142. The molecule has 3 heteroatoms. The Morgan fingerprint density at radius 1 is 1.29 bits per heavy atom.